The predicted molar refractivity (Wildman–Crippen MR) is 136 cm³/mol. The summed E-state index contributed by atoms with van der Waals surface area (Å²) in [5, 5.41) is 13.1. The number of amides is 3. The Bertz CT molecular complexity index is 1390. The van der Waals surface area contributed by atoms with Gasteiger partial charge >= 0.3 is 0 Å². The SMILES string of the molecule is Cc1cc(C)cc(NC(=O)CN2C(=O)S/C(=C/c3ccc(-c4ccc([N+](=O)[O-])cc4Br)o3)C2=O)c1. The highest BCUT2D eigenvalue weighted by molar-refractivity contribution is 9.10. The van der Waals surface area contributed by atoms with Gasteiger partial charge in [-0.3, -0.25) is 29.4 Å². The lowest BCUT2D eigenvalue weighted by Crippen LogP contribution is -2.36. The van der Waals surface area contributed by atoms with Crippen molar-refractivity contribution >= 4 is 62.2 Å². The lowest BCUT2D eigenvalue weighted by Gasteiger charge is -2.13. The molecule has 2 heterocycles. The summed E-state index contributed by atoms with van der Waals surface area (Å²) in [6.07, 6.45) is 1.43. The highest BCUT2D eigenvalue weighted by Gasteiger charge is 2.36. The van der Waals surface area contributed by atoms with E-state index in [1.54, 1.807) is 30.3 Å². The zero-order chi connectivity index (χ0) is 25.3. The number of nitrogens with zero attached hydrogens (tertiary/aromatic N) is 2. The number of thioether (sulfide) groups is 1. The molecule has 1 saturated heterocycles. The molecule has 9 nitrogen and oxygen atoms in total. The Morgan fingerprint density at radius 1 is 1.14 bits per heavy atom. The van der Waals surface area contributed by atoms with Crippen LogP contribution in [0, 0.1) is 24.0 Å². The van der Waals surface area contributed by atoms with E-state index in [0.717, 1.165) is 27.8 Å². The minimum atomic E-state index is -0.593. The third-order valence-electron chi connectivity index (χ3n) is 5.01. The van der Waals surface area contributed by atoms with Gasteiger partial charge in [0.2, 0.25) is 5.91 Å². The van der Waals surface area contributed by atoms with Gasteiger partial charge in [-0.05, 0) is 83.0 Å². The molecule has 3 amide bonds. The second-order valence-corrected chi connectivity index (χ2v) is 9.66. The molecule has 1 aliphatic rings. The third-order valence-corrected chi connectivity index (χ3v) is 6.57. The largest absolute Gasteiger partial charge is 0.457 e. The van der Waals surface area contributed by atoms with E-state index in [2.05, 4.69) is 21.2 Å². The summed E-state index contributed by atoms with van der Waals surface area (Å²) in [6, 6.07) is 13.1. The van der Waals surface area contributed by atoms with E-state index >= 15 is 0 Å². The van der Waals surface area contributed by atoms with Crippen molar-refractivity contribution in [1.82, 2.24) is 4.90 Å². The molecule has 3 aromatic rings. The van der Waals surface area contributed by atoms with Crippen LogP contribution in [0.1, 0.15) is 16.9 Å². The first-order chi connectivity index (χ1) is 16.6. The Labute approximate surface area is 212 Å². The molecule has 0 saturated carbocycles. The number of aryl methyl sites for hydroxylation is 2. The normalized spacial score (nSPS) is 14.6. The smallest absolute Gasteiger partial charge is 0.294 e. The molecule has 4 rings (SSSR count). The van der Waals surface area contributed by atoms with Gasteiger partial charge in [0.05, 0.1) is 9.83 Å². The minimum absolute atomic E-state index is 0.0670. The molecule has 1 fully saturated rings. The van der Waals surface area contributed by atoms with Crippen molar-refractivity contribution in [1.29, 1.82) is 0 Å². The predicted octanol–water partition coefficient (Wildman–Crippen LogP) is 5.91. The number of nitrogens with one attached hydrogen (secondary N) is 1. The van der Waals surface area contributed by atoms with Gasteiger partial charge in [0, 0.05) is 33.9 Å². The molecule has 1 aliphatic heterocycles. The van der Waals surface area contributed by atoms with E-state index in [1.807, 2.05) is 19.9 Å². The Hall–Kier alpha value is -3.70. The molecular formula is C24H18BrN3O6S. The first-order valence-electron chi connectivity index (χ1n) is 10.3. The highest BCUT2D eigenvalue weighted by Crippen LogP contribution is 2.35. The first kappa shape index (κ1) is 24.4. The molecule has 178 valence electrons. The van der Waals surface area contributed by atoms with Gasteiger partial charge in [0.25, 0.3) is 16.8 Å². The van der Waals surface area contributed by atoms with Gasteiger partial charge in [-0.25, -0.2) is 0 Å². The molecule has 2 aromatic carbocycles. The lowest BCUT2D eigenvalue weighted by molar-refractivity contribution is -0.384. The minimum Gasteiger partial charge on any atom is -0.457 e. The Morgan fingerprint density at radius 2 is 1.86 bits per heavy atom. The van der Waals surface area contributed by atoms with E-state index in [-0.39, 0.29) is 10.6 Å². The maximum atomic E-state index is 12.8. The molecule has 0 radical (unpaired) electrons. The van der Waals surface area contributed by atoms with Gasteiger partial charge in [0.1, 0.15) is 18.1 Å². The van der Waals surface area contributed by atoms with Crippen molar-refractivity contribution < 1.29 is 23.7 Å². The molecule has 11 heteroatoms. The number of furan rings is 1. The standard InChI is InChI=1S/C24H18BrN3O6S/c1-13-7-14(2)9-15(8-13)26-22(29)12-27-23(30)21(35-24(27)31)11-17-4-6-20(34-17)18-5-3-16(28(32)33)10-19(18)25/h3-11H,12H2,1-2H3,(H,26,29)/b21-11+. The van der Waals surface area contributed by atoms with E-state index in [1.165, 1.54) is 18.2 Å². The summed E-state index contributed by atoms with van der Waals surface area (Å²) >= 11 is 4.02. The number of carbonyl (C=O) groups is 3. The van der Waals surface area contributed by atoms with E-state index in [4.69, 9.17) is 4.42 Å². The molecule has 1 N–H and O–H groups in total. The van der Waals surface area contributed by atoms with Crippen LogP contribution in [-0.4, -0.2) is 33.4 Å². The fourth-order valence-corrected chi connectivity index (χ4v) is 4.93. The Morgan fingerprint density at radius 3 is 2.51 bits per heavy atom. The van der Waals surface area contributed by atoms with E-state index in [0.29, 0.717) is 27.2 Å². The number of non-ortho nitro benzene ring substituents is 1. The molecule has 0 bridgehead atoms. The molecule has 0 unspecified atom stereocenters. The van der Waals surface area contributed by atoms with Crippen LogP contribution in [-0.2, 0) is 9.59 Å². The summed E-state index contributed by atoms with van der Waals surface area (Å²) in [5.41, 5.74) is 3.07. The van der Waals surface area contributed by atoms with E-state index in [9.17, 15) is 24.5 Å². The number of carbonyl (C=O) groups excluding carboxylic acids is 3. The van der Waals surface area contributed by atoms with Crippen molar-refractivity contribution in [3.63, 3.8) is 0 Å². The summed E-state index contributed by atoms with van der Waals surface area (Å²) in [7, 11) is 0. The monoisotopic (exact) mass is 555 g/mol. The first-order valence-corrected chi connectivity index (χ1v) is 11.9. The van der Waals surface area contributed by atoms with Gasteiger partial charge in [-0.1, -0.05) is 6.07 Å². The molecule has 1 aromatic heterocycles. The van der Waals surface area contributed by atoms with Crippen LogP contribution in [0.25, 0.3) is 17.4 Å². The number of imide groups is 1. The summed E-state index contributed by atoms with van der Waals surface area (Å²) in [5.74, 6) is -0.340. The number of benzene rings is 2. The van der Waals surface area contributed by atoms with Crippen LogP contribution in [0.2, 0.25) is 0 Å². The number of hydrogen-bond acceptors (Lipinski definition) is 7. The quantitative estimate of drug-likeness (QED) is 0.228. The van der Waals surface area contributed by atoms with Crippen molar-refractivity contribution in [2.24, 2.45) is 0 Å². The number of nitro benzene ring substituents is 1. The maximum absolute atomic E-state index is 12.8. The summed E-state index contributed by atoms with van der Waals surface area (Å²) in [6.45, 7) is 3.41. The highest BCUT2D eigenvalue weighted by atomic mass is 79.9. The van der Waals surface area contributed by atoms with Gasteiger partial charge < -0.3 is 9.73 Å². The van der Waals surface area contributed by atoms with Crippen LogP contribution in [0.15, 0.2) is 62.3 Å². The third kappa shape index (κ3) is 5.52. The van der Waals surface area contributed by atoms with Gasteiger partial charge in [-0.2, -0.15) is 0 Å². The number of hydrogen-bond donors (Lipinski definition) is 1. The Balaban J connectivity index is 1.47. The van der Waals surface area contributed by atoms with Crippen molar-refractivity contribution in [3.8, 4) is 11.3 Å². The van der Waals surface area contributed by atoms with Gasteiger partial charge in [0.15, 0.2) is 0 Å². The summed E-state index contributed by atoms with van der Waals surface area (Å²) < 4.78 is 6.24. The van der Waals surface area contributed by atoms with Crippen LogP contribution in [0.3, 0.4) is 0 Å². The summed E-state index contributed by atoms with van der Waals surface area (Å²) in [4.78, 5) is 49.1. The number of rotatable bonds is 6. The maximum Gasteiger partial charge on any atom is 0.294 e. The second-order valence-electron chi connectivity index (χ2n) is 7.82. The lowest BCUT2D eigenvalue weighted by atomic mass is 10.1. The van der Waals surface area contributed by atoms with Crippen molar-refractivity contribution in [2.75, 3.05) is 11.9 Å². The van der Waals surface area contributed by atoms with Gasteiger partial charge in [-0.15, -0.1) is 0 Å². The average molecular weight is 556 g/mol. The van der Waals surface area contributed by atoms with Crippen LogP contribution in [0.4, 0.5) is 16.2 Å². The molecule has 35 heavy (non-hydrogen) atoms. The van der Waals surface area contributed by atoms with Crippen molar-refractivity contribution in [3.05, 3.63) is 84.9 Å². The number of nitro groups is 1. The van der Waals surface area contributed by atoms with Crippen LogP contribution >= 0.6 is 27.7 Å². The second kappa shape index (κ2) is 9.88. The van der Waals surface area contributed by atoms with E-state index < -0.39 is 28.5 Å². The molecule has 0 aliphatic carbocycles. The number of anilines is 1. The van der Waals surface area contributed by atoms with Crippen LogP contribution in [0.5, 0.6) is 0 Å². The fourth-order valence-electron chi connectivity index (χ4n) is 3.55. The topological polar surface area (TPSA) is 123 Å². The van der Waals surface area contributed by atoms with Crippen LogP contribution < -0.4 is 5.32 Å². The Kier molecular flexibility index (Phi) is 6.90. The fraction of sp³-hybridized carbons (Fsp3) is 0.125. The van der Waals surface area contributed by atoms with Crippen molar-refractivity contribution in [2.45, 2.75) is 13.8 Å². The molecule has 0 spiro atoms. The zero-order valence-corrected chi connectivity index (χ0v) is 20.9. The number of halogens is 1. The zero-order valence-electron chi connectivity index (χ0n) is 18.5. The molecular weight excluding hydrogens is 538 g/mol. The average Bonchev–Trinajstić information content (AvgIpc) is 3.33. The molecule has 0 atom stereocenters.